The molecule has 1 amide bonds. The van der Waals surface area contributed by atoms with Gasteiger partial charge >= 0.3 is 0 Å². The Morgan fingerprint density at radius 2 is 1.82 bits per heavy atom. The maximum Gasteiger partial charge on any atom is 0.243 e. The van der Waals surface area contributed by atoms with Crippen LogP contribution in [0.3, 0.4) is 0 Å². The van der Waals surface area contributed by atoms with E-state index in [0.29, 0.717) is 34.3 Å². The van der Waals surface area contributed by atoms with Gasteiger partial charge in [-0.1, -0.05) is 48.5 Å². The standard InChI is InChI=1S/C22H19N3O2S/c1-2-27-19-11-7-6-10-16(19)20-17(12-23)21(26)25-22(18(20)13-24)28-14-15-8-4-3-5-9-15/h3-11,17,20H,2,14H2,1H3,(H,25,26)/t17-,20-/m0/s1. The summed E-state index contributed by atoms with van der Waals surface area (Å²) in [5, 5.41) is 22.8. The fraction of sp³-hybridized carbons (Fsp3) is 0.227. The zero-order valence-electron chi connectivity index (χ0n) is 15.4. The van der Waals surface area contributed by atoms with Crippen LogP contribution in [-0.2, 0) is 10.5 Å². The van der Waals surface area contributed by atoms with Crippen LogP contribution in [0.2, 0.25) is 0 Å². The largest absolute Gasteiger partial charge is 0.494 e. The molecule has 6 heteroatoms. The molecule has 1 aliphatic rings. The van der Waals surface area contributed by atoms with Gasteiger partial charge in [-0.3, -0.25) is 4.79 Å². The number of nitriles is 2. The summed E-state index contributed by atoms with van der Waals surface area (Å²) in [4.78, 5) is 12.6. The van der Waals surface area contributed by atoms with Crippen molar-refractivity contribution in [2.45, 2.75) is 18.6 Å². The molecular weight excluding hydrogens is 370 g/mol. The number of nitrogens with zero attached hydrogens (tertiary/aromatic N) is 2. The second kappa shape index (κ2) is 9.12. The predicted molar refractivity (Wildman–Crippen MR) is 108 cm³/mol. The Bertz CT molecular complexity index is 973. The molecule has 0 radical (unpaired) electrons. The number of amides is 1. The summed E-state index contributed by atoms with van der Waals surface area (Å²) < 4.78 is 5.70. The number of nitrogens with one attached hydrogen (secondary N) is 1. The number of hydrogen-bond donors (Lipinski definition) is 1. The Morgan fingerprint density at radius 1 is 1.11 bits per heavy atom. The van der Waals surface area contributed by atoms with E-state index in [-0.39, 0.29) is 0 Å². The molecule has 0 fully saturated rings. The van der Waals surface area contributed by atoms with E-state index in [1.54, 1.807) is 6.07 Å². The number of carbonyl (C=O) groups excluding carboxylic acids is 1. The van der Waals surface area contributed by atoms with Crippen LogP contribution in [0.15, 0.2) is 65.2 Å². The lowest BCUT2D eigenvalue weighted by atomic mass is 9.79. The molecule has 0 saturated carbocycles. The molecule has 1 aliphatic heterocycles. The van der Waals surface area contributed by atoms with Crippen molar-refractivity contribution < 1.29 is 9.53 Å². The number of rotatable bonds is 6. The van der Waals surface area contributed by atoms with Gasteiger partial charge in [0.1, 0.15) is 11.7 Å². The summed E-state index contributed by atoms with van der Waals surface area (Å²) in [5.41, 5.74) is 2.15. The number of carbonyl (C=O) groups is 1. The highest BCUT2D eigenvalue weighted by Gasteiger charge is 2.40. The van der Waals surface area contributed by atoms with Crippen LogP contribution in [0.25, 0.3) is 0 Å². The Morgan fingerprint density at radius 3 is 2.50 bits per heavy atom. The van der Waals surface area contributed by atoms with Gasteiger partial charge in [0.25, 0.3) is 0 Å². The van der Waals surface area contributed by atoms with Crippen molar-refractivity contribution in [2.24, 2.45) is 5.92 Å². The lowest BCUT2D eigenvalue weighted by Gasteiger charge is -2.29. The van der Waals surface area contributed by atoms with Gasteiger partial charge in [-0.2, -0.15) is 10.5 Å². The lowest BCUT2D eigenvalue weighted by molar-refractivity contribution is -0.123. The Balaban J connectivity index is 2.03. The molecule has 2 aromatic carbocycles. The minimum Gasteiger partial charge on any atom is -0.494 e. The van der Waals surface area contributed by atoms with Gasteiger partial charge in [0.05, 0.1) is 35.3 Å². The van der Waals surface area contributed by atoms with E-state index < -0.39 is 17.7 Å². The molecule has 0 aliphatic carbocycles. The molecule has 1 N–H and O–H groups in total. The van der Waals surface area contributed by atoms with Crippen LogP contribution in [0.4, 0.5) is 0 Å². The van der Waals surface area contributed by atoms with E-state index >= 15 is 0 Å². The normalized spacial score (nSPS) is 18.8. The molecule has 0 spiro atoms. The first-order valence-electron chi connectivity index (χ1n) is 8.92. The summed E-state index contributed by atoms with van der Waals surface area (Å²) in [6.07, 6.45) is 0. The molecular formula is C22H19N3O2S. The third-order valence-electron chi connectivity index (χ3n) is 4.45. The van der Waals surface area contributed by atoms with E-state index in [1.807, 2.05) is 55.5 Å². The minimum absolute atomic E-state index is 0.388. The maximum absolute atomic E-state index is 12.6. The van der Waals surface area contributed by atoms with Gasteiger partial charge in [0.15, 0.2) is 0 Å². The van der Waals surface area contributed by atoms with Crippen molar-refractivity contribution in [3.63, 3.8) is 0 Å². The van der Waals surface area contributed by atoms with Crippen molar-refractivity contribution in [1.82, 2.24) is 5.32 Å². The molecule has 0 unspecified atom stereocenters. The molecule has 2 atom stereocenters. The SMILES string of the molecule is CCOc1ccccc1[C@@H]1C(C#N)=C(SCc2ccccc2)NC(=O)[C@H]1C#N. The van der Waals surface area contributed by atoms with Crippen LogP contribution in [-0.4, -0.2) is 12.5 Å². The zero-order valence-corrected chi connectivity index (χ0v) is 16.2. The molecule has 1 heterocycles. The number of benzene rings is 2. The molecule has 5 nitrogen and oxygen atoms in total. The van der Waals surface area contributed by atoms with Crippen LogP contribution in [0.1, 0.15) is 24.0 Å². The number of allylic oxidation sites excluding steroid dienone is 1. The monoisotopic (exact) mass is 389 g/mol. The molecule has 140 valence electrons. The second-order valence-electron chi connectivity index (χ2n) is 6.17. The summed E-state index contributed by atoms with van der Waals surface area (Å²) in [5.74, 6) is -0.848. The predicted octanol–water partition coefficient (Wildman–Crippen LogP) is 4.11. The van der Waals surface area contributed by atoms with Crippen LogP contribution < -0.4 is 10.1 Å². The third kappa shape index (κ3) is 4.03. The third-order valence-corrected chi connectivity index (χ3v) is 5.54. The summed E-state index contributed by atoms with van der Waals surface area (Å²) >= 11 is 1.39. The summed E-state index contributed by atoms with van der Waals surface area (Å²) in [6, 6.07) is 21.4. The molecule has 0 bridgehead atoms. The van der Waals surface area contributed by atoms with Crippen LogP contribution in [0, 0.1) is 28.6 Å². The number of ether oxygens (including phenoxy) is 1. The van der Waals surface area contributed by atoms with Gasteiger partial charge < -0.3 is 10.1 Å². The summed E-state index contributed by atoms with van der Waals surface area (Å²) in [6.45, 7) is 2.32. The maximum atomic E-state index is 12.6. The van der Waals surface area contributed by atoms with E-state index in [0.717, 1.165) is 5.56 Å². The smallest absolute Gasteiger partial charge is 0.243 e. The van der Waals surface area contributed by atoms with Gasteiger partial charge in [0, 0.05) is 11.3 Å². The molecule has 28 heavy (non-hydrogen) atoms. The second-order valence-corrected chi connectivity index (χ2v) is 7.16. The average molecular weight is 389 g/mol. The topological polar surface area (TPSA) is 85.9 Å². The fourth-order valence-electron chi connectivity index (χ4n) is 3.17. The van der Waals surface area contributed by atoms with Crippen LogP contribution in [0.5, 0.6) is 5.75 Å². The lowest BCUT2D eigenvalue weighted by Crippen LogP contribution is -2.39. The fourth-order valence-corrected chi connectivity index (χ4v) is 4.18. The molecule has 3 rings (SSSR count). The van der Waals surface area contributed by atoms with Crippen molar-refractivity contribution >= 4 is 17.7 Å². The summed E-state index contributed by atoms with van der Waals surface area (Å²) in [7, 11) is 0. The van der Waals surface area contributed by atoms with Gasteiger partial charge in [-0.05, 0) is 18.6 Å². The van der Waals surface area contributed by atoms with Crippen molar-refractivity contribution in [2.75, 3.05) is 6.61 Å². The Hall–Kier alpha value is -3.22. The van der Waals surface area contributed by atoms with E-state index in [1.165, 1.54) is 11.8 Å². The van der Waals surface area contributed by atoms with Gasteiger partial charge in [-0.25, -0.2) is 0 Å². The highest BCUT2D eigenvalue weighted by atomic mass is 32.2. The molecule has 0 saturated heterocycles. The van der Waals surface area contributed by atoms with E-state index in [4.69, 9.17) is 4.74 Å². The average Bonchev–Trinajstić information content (AvgIpc) is 2.73. The highest BCUT2D eigenvalue weighted by molar-refractivity contribution is 8.02. The van der Waals surface area contributed by atoms with Crippen LogP contribution >= 0.6 is 11.8 Å². The minimum atomic E-state index is -0.989. The van der Waals surface area contributed by atoms with Crippen molar-refractivity contribution in [3.8, 4) is 17.9 Å². The highest BCUT2D eigenvalue weighted by Crippen LogP contribution is 2.43. The zero-order chi connectivity index (χ0) is 19.9. The van der Waals surface area contributed by atoms with Crippen molar-refractivity contribution in [3.05, 3.63) is 76.3 Å². The van der Waals surface area contributed by atoms with E-state index in [9.17, 15) is 15.3 Å². The first kappa shape index (κ1) is 19.5. The van der Waals surface area contributed by atoms with Crippen molar-refractivity contribution in [1.29, 1.82) is 10.5 Å². The quantitative estimate of drug-likeness (QED) is 0.804. The number of thioether (sulfide) groups is 1. The number of para-hydroxylation sites is 1. The molecule has 0 aromatic heterocycles. The Kier molecular flexibility index (Phi) is 6.37. The first-order chi connectivity index (χ1) is 13.7. The molecule has 2 aromatic rings. The van der Waals surface area contributed by atoms with E-state index in [2.05, 4.69) is 17.5 Å². The Labute approximate surface area is 168 Å². The van der Waals surface area contributed by atoms with Gasteiger partial charge in [-0.15, -0.1) is 11.8 Å². The number of hydrogen-bond acceptors (Lipinski definition) is 5. The first-order valence-corrected chi connectivity index (χ1v) is 9.91. The van der Waals surface area contributed by atoms with Gasteiger partial charge in [0.2, 0.25) is 5.91 Å².